The molecule has 23 heavy (non-hydrogen) atoms. The van der Waals surface area contributed by atoms with E-state index in [0.29, 0.717) is 17.8 Å². The first-order chi connectivity index (χ1) is 11.1. The van der Waals surface area contributed by atoms with E-state index < -0.39 is 11.9 Å². The lowest BCUT2D eigenvalue weighted by Crippen LogP contribution is -2.09. The number of carbonyl (C=O) groups is 2. The van der Waals surface area contributed by atoms with E-state index in [1.165, 1.54) is 0 Å². The molecule has 1 aromatic heterocycles. The van der Waals surface area contributed by atoms with Crippen LogP contribution in [-0.2, 0) is 22.5 Å². The van der Waals surface area contributed by atoms with Crippen LogP contribution in [0.3, 0.4) is 0 Å². The molecule has 0 atom stereocenters. The molecule has 2 rings (SSSR count). The van der Waals surface area contributed by atoms with Gasteiger partial charge in [0.2, 0.25) is 0 Å². The van der Waals surface area contributed by atoms with Crippen LogP contribution in [0.25, 0.3) is 0 Å². The Morgan fingerprint density at radius 1 is 1.00 bits per heavy atom. The number of rotatable bonds is 6. The van der Waals surface area contributed by atoms with Crippen molar-refractivity contribution in [1.82, 2.24) is 4.98 Å². The van der Waals surface area contributed by atoms with Crippen molar-refractivity contribution in [3.63, 3.8) is 0 Å². The zero-order chi connectivity index (χ0) is 16.8. The van der Waals surface area contributed by atoms with Crippen molar-refractivity contribution in [3.8, 4) is 0 Å². The Morgan fingerprint density at radius 2 is 1.65 bits per heavy atom. The molecule has 0 amide bonds. The van der Waals surface area contributed by atoms with Gasteiger partial charge < -0.3 is 14.5 Å². The maximum absolute atomic E-state index is 12.3. The van der Waals surface area contributed by atoms with Crippen LogP contribution in [0.4, 0.5) is 0 Å². The highest BCUT2D eigenvalue weighted by molar-refractivity contribution is 5.96. The molecule has 5 heteroatoms. The number of esters is 2. The Hall–Kier alpha value is -2.56. The van der Waals surface area contributed by atoms with Gasteiger partial charge in [0.1, 0.15) is 18.0 Å². The average molecular weight is 315 g/mol. The molecule has 2 aromatic rings. The minimum atomic E-state index is -0.475. The highest BCUT2D eigenvalue weighted by atomic mass is 16.5. The lowest BCUT2D eigenvalue weighted by Gasteiger charge is -2.04. The first-order valence-corrected chi connectivity index (χ1v) is 7.68. The van der Waals surface area contributed by atoms with Crippen molar-refractivity contribution in [1.29, 1.82) is 0 Å². The van der Waals surface area contributed by atoms with Gasteiger partial charge in [-0.1, -0.05) is 37.3 Å². The molecule has 1 N–H and O–H groups in total. The number of carbonyl (C=O) groups excluding carboxylic acids is 2. The summed E-state index contributed by atoms with van der Waals surface area (Å²) in [5.74, 6) is -0.925. The highest BCUT2D eigenvalue weighted by Crippen LogP contribution is 2.21. The molecule has 0 unspecified atom stereocenters. The zero-order valence-electron chi connectivity index (χ0n) is 13.6. The second kappa shape index (κ2) is 7.63. The fourth-order valence-electron chi connectivity index (χ4n) is 2.45. The normalized spacial score (nSPS) is 10.4. The third-order valence-corrected chi connectivity index (χ3v) is 3.63. The summed E-state index contributed by atoms with van der Waals surface area (Å²) in [6, 6.07) is 9.44. The minimum absolute atomic E-state index is 0.189. The SMILES string of the molecule is CCOC(=O)c1[nH]c(C(=O)OCc2ccccc2)c(C)c1CC. The second-order valence-electron chi connectivity index (χ2n) is 5.11. The Labute approximate surface area is 135 Å². The number of H-pyrrole nitrogens is 1. The summed E-state index contributed by atoms with van der Waals surface area (Å²) in [6.07, 6.45) is 0.627. The fourth-order valence-corrected chi connectivity index (χ4v) is 2.45. The molecule has 0 spiro atoms. The standard InChI is InChI=1S/C18H21NO4/c1-4-14-12(3)15(19-16(14)18(21)22-5-2)17(20)23-11-13-9-7-6-8-10-13/h6-10,19H,4-5,11H2,1-3H3. The first kappa shape index (κ1) is 16.8. The molecule has 0 aliphatic rings. The van der Waals surface area contributed by atoms with E-state index in [0.717, 1.165) is 16.7 Å². The van der Waals surface area contributed by atoms with Crippen LogP contribution in [0.1, 0.15) is 51.5 Å². The number of benzene rings is 1. The summed E-state index contributed by atoms with van der Waals surface area (Å²) in [7, 11) is 0. The van der Waals surface area contributed by atoms with E-state index >= 15 is 0 Å². The molecule has 0 radical (unpaired) electrons. The van der Waals surface area contributed by atoms with Crippen LogP contribution in [0.2, 0.25) is 0 Å². The zero-order valence-corrected chi connectivity index (χ0v) is 13.6. The number of aromatic amines is 1. The summed E-state index contributed by atoms with van der Waals surface area (Å²) in [6.45, 7) is 5.95. The van der Waals surface area contributed by atoms with E-state index in [-0.39, 0.29) is 13.2 Å². The first-order valence-electron chi connectivity index (χ1n) is 7.68. The van der Waals surface area contributed by atoms with Gasteiger partial charge in [-0.15, -0.1) is 0 Å². The molecule has 0 saturated heterocycles. The fraction of sp³-hybridized carbons (Fsp3) is 0.333. The van der Waals surface area contributed by atoms with Gasteiger partial charge in [0, 0.05) is 0 Å². The van der Waals surface area contributed by atoms with Crippen molar-refractivity contribution in [3.05, 3.63) is 58.4 Å². The van der Waals surface area contributed by atoms with Crippen molar-refractivity contribution < 1.29 is 19.1 Å². The van der Waals surface area contributed by atoms with Gasteiger partial charge in [-0.3, -0.25) is 0 Å². The largest absolute Gasteiger partial charge is 0.461 e. The van der Waals surface area contributed by atoms with E-state index in [4.69, 9.17) is 9.47 Å². The Morgan fingerprint density at radius 3 is 2.26 bits per heavy atom. The van der Waals surface area contributed by atoms with E-state index in [2.05, 4.69) is 4.98 Å². The van der Waals surface area contributed by atoms with Gasteiger partial charge in [0.25, 0.3) is 0 Å². The third kappa shape index (κ3) is 3.80. The monoisotopic (exact) mass is 315 g/mol. The smallest absolute Gasteiger partial charge is 0.355 e. The number of ether oxygens (including phenoxy) is 2. The summed E-state index contributed by atoms with van der Waals surface area (Å²) >= 11 is 0. The van der Waals surface area contributed by atoms with Crippen LogP contribution < -0.4 is 0 Å². The molecule has 1 heterocycles. The summed E-state index contributed by atoms with van der Waals surface area (Å²) in [5.41, 5.74) is 3.06. The molecule has 0 aliphatic carbocycles. The summed E-state index contributed by atoms with van der Waals surface area (Å²) in [4.78, 5) is 27.2. The molecule has 0 saturated carbocycles. The maximum Gasteiger partial charge on any atom is 0.355 e. The van der Waals surface area contributed by atoms with E-state index in [1.54, 1.807) is 13.8 Å². The van der Waals surface area contributed by atoms with Crippen molar-refractivity contribution >= 4 is 11.9 Å². The van der Waals surface area contributed by atoms with Crippen LogP contribution in [0, 0.1) is 6.92 Å². The number of nitrogens with one attached hydrogen (secondary N) is 1. The summed E-state index contributed by atoms with van der Waals surface area (Å²) in [5, 5.41) is 0. The molecule has 5 nitrogen and oxygen atoms in total. The van der Waals surface area contributed by atoms with Gasteiger partial charge in [0.05, 0.1) is 6.61 Å². The molecular formula is C18H21NO4. The highest BCUT2D eigenvalue weighted by Gasteiger charge is 2.23. The van der Waals surface area contributed by atoms with Crippen molar-refractivity contribution in [2.24, 2.45) is 0 Å². The molecule has 122 valence electrons. The van der Waals surface area contributed by atoms with Crippen LogP contribution in [0.5, 0.6) is 0 Å². The third-order valence-electron chi connectivity index (χ3n) is 3.63. The number of aromatic nitrogens is 1. The van der Waals surface area contributed by atoms with Gasteiger partial charge >= 0.3 is 11.9 Å². The predicted octanol–water partition coefficient (Wildman–Crippen LogP) is 3.42. The minimum Gasteiger partial charge on any atom is -0.461 e. The van der Waals surface area contributed by atoms with Crippen LogP contribution in [0.15, 0.2) is 30.3 Å². The van der Waals surface area contributed by atoms with Crippen molar-refractivity contribution in [2.75, 3.05) is 6.61 Å². The Balaban J connectivity index is 2.18. The molecule has 0 fully saturated rings. The molecule has 0 bridgehead atoms. The quantitative estimate of drug-likeness (QED) is 0.829. The van der Waals surface area contributed by atoms with Gasteiger partial charge in [0.15, 0.2) is 0 Å². The lowest BCUT2D eigenvalue weighted by atomic mass is 10.1. The lowest BCUT2D eigenvalue weighted by molar-refractivity contribution is 0.0465. The van der Waals surface area contributed by atoms with E-state index in [1.807, 2.05) is 37.3 Å². The molecule has 0 aliphatic heterocycles. The van der Waals surface area contributed by atoms with Gasteiger partial charge in [-0.2, -0.15) is 0 Å². The van der Waals surface area contributed by atoms with Gasteiger partial charge in [-0.05, 0) is 37.0 Å². The topological polar surface area (TPSA) is 68.4 Å². The number of hydrogen-bond donors (Lipinski definition) is 1. The van der Waals surface area contributed by atoms with Crippen molar-refractivity contribution in [2.45, 2.75) is 33.8 Å². The average Bonchev–Trinajstić information content (AvgIpc) is 2.90. The van der Waals surface area contributed by atoms with Crippen LogP contribution >= 0.6 is 0 Å². The van der Waals surface area contributed by atoms with Crippen LogP contribution in [-0.4, -0.2) is 23.5 Å². The van der Waals surface area contributed by atoms with E-state index in [9.17, 15) is 9.59 Å². The predicted molar refractivity (Wildman–Crippen MR) is 86.4 cm³/mol. The molecular weight excluding hydrogens is 294 g/mol. The Bertz CT molecular complexity index is 689. The maximum atomic E-state index is 12.3. The number of hydrogen-bond acceptors (Lipinski definition) is 4. The molecule has 1 aromatic carbocycles. The summed E-state index contributed by atoms with van der Waals surface area (Å²) < 4.78 is 10.4. The second-order valence-corrected chi connectivity index (χ2v) is 5.11. The van der Waals surface area contributed by atoms with Gasteiger partial charge in [-0.25, -0.2) is 9.59 Å². The Kier molecular flexibility index (Phi) is 5.57.